The van der Waals surface area contributed by atoms with Crippen LogP contribution in [0.1, 0.15) is 49.4 Å². The Hall–Kier alpha value is -3.41. The smallest absolute Gasteiger partial charge is 0.257 e. The molecule has 29 heavy (non-hydrogen) atoms. The third-order valence-corrected chi connectivity index (χ3v) is 3.58. The van der Waals surface area contributed by atoms with Crippen molar-refractivity contribution in [1.82, 2.24) is 9.97 Å². The van der Waals surface area contributed by atoms with Gasteiger partial charge in [0.2, 0.25) is 0 Å². The molecular formula is C23H30N4O2. The summed E-state index contributed by atoms with van der Waals surface area (Å²) in [7, 11) is 0. The van der Waals surface area contributed by atoms with E-state index in [1.165, 1.54) is 6.20 Å². The van der Waals surface area contributed by atoms with Gasteiger partial charge in [-0.05, 0) is 49.4 Å². The third kappa shape index (κ3) is 7.62. The van der Waals surface area contributed by atoms with Gasteiger partial charge < -0.3 is 15.8 Å². The molecule has 3 N–H and O–H groups in total. The number of nitrogens with one attached hydrogen (secondary N) is 1. The molecule has 1 amide bonds. The molecule has 1 aromatic carbocycles. The number of rotatable bonds is 5. The number of pyridine rings is 2. The fraction of sp³-hybridized carbons (Fsp3) is 0.261. The van der Waals surface area contributed by atoms with Crippen LogP contribution in [0.2, 0.25) is 0 Å². The van der Waals surface area contributed by atoms with Crippen molar-refractivity contribution >= 4 is 17.3 Å². The molecule has 0 aliphatic carbocycles. The maximum atomic E-state index is 12.3. The van der Waals surface area contributed by atoms with Gasteiger partial charge in [-0.25, -0.2) is 0 Å². The monoisotopic (exact) mass is 394 g/mol. The van der Waals surface area contributed by atoms with Gasteiger partial charge in [-0.1, -0.05) is 33.8 Å². The second kappa shape index (κ2) is 12.9. The predicted octanol–water partition coefficient (Wildman–Crippen LogP) is 5.25. The Morgan fingerprint density at radius 3 is 2.34 bits per heavy atom. The molecular weight excluding hydrogens is 364 g/mol. The first-order valence-corrected chi connectivity index (χ1v) is 9.78. The first-order chi connectivity index (χ1) is 14.1. The second-order valence-corrected chi connectivity index (χ2v) is 5.49. The van der Waals surface area contributed by atoms with E-state index in [2.05, 4.69) is 15.3 Å². The molecule has 0 fully saturated rings. The number of aryl methyl sites for hydroxylation is 1. The van der Waals surface area contributed by atoms with E-state index in [1.54, 1.807) is 43.5 Å². The van der Waals surface area contributed by atoms with Gasteiger partial charge in [0.15, 0.2) is 0 Å². The Balaban J connectivity index is 0.000000989. The van der Waals surface area contributed by atoms with E-state index in [4.69, 9.17) is 10.5 Å². The summed E-state index contributed by atoms with van der Waals surface area (Å²) in [5.74, 6) is 0.449. The molecule has 0 bridgehead atoms. The molecule has 0 saturated carbocycles. The molecule has 0 saturated heterocycles. The lowest BCUT2D eigenvalue weighted by atomic mass is 10.1. The first kappa shape index (κ1) is 23.6. The minimum atomic E-state index is -0.251. The number of hydrogen-bond acceptors (Lipinski definition) is 5. The largest absolute Gasteiger partial charge is 0.487 e. The normalized spacial score (nSPS) is 9.28. The summed E-state index contributed by atoms with van der Waals surface area (Å²) in [6.07, 6.45) is 3.25. The van der Waals surface area contributed by atoms with Crippen molar-refractivity contribution in [2.45, 2.75) is 41.2 Å². The van der Waals surface area contributed by atoms with Crippen LogP contribution in [0.15, 0.2) is 60.9 Å². The number of nitrogens with two attached hydrogens (primary N) is 1. The average molecular weight is 395 g/mol. The average Bonchev–Trinajstić information content (AvgIpc) is 2.78. The number of benzene rings is 1. The van der Waals surface area contributed by atoms with Crippen LogP contribution in [0.3, 0.4) is 0 Å². The summed E-state index contributed by atoms with van der Waals surface area (Å²) in [5.41, 5.74) is 8.74. The van der Waals surface area contributed by atoms with Gasteiger partial charge >= 0.3 is 0 Å². The van der Waals surface area contributed by atoms with E-state index in [0.29, 0.717) is 35.0 Å². The van der Waals surface area contributed by atoms with Crippen LogP contribution < -0.4 is 15.8 Å². The summed E-state index contributed by atoms with van der Waals surface area (Å²) in [5, 5.41) is 2.82. The van der Waals surface area contributed by atoms with Crippen molar-refractivity contribution in [3.63, 3.8) is 0 Å². The number of anilines is 2. The summed E-state index contributed by atoms with van der Waals surface area (Å²) in [4.78, 5) is 20.6. The molecule has 2 aromatic heterocycles. The standard InChI is InChI=1S/C19H18N4O2.2C2H6/c1-13-18(10-14(20)11-22-13)19(24)23-15-5-7-17(8-6-15)25-12-16-4-2-3-9-21-16;2*1-2/h2-11H,12,20H2,1H3,(H,23,24);2*1-2H3. The number of carbonyl (C=O) groups is 1. The zero-order valence-electron chi connectivity index (χ0n) is 17.8. The van der Waals surface area contributed by atoms with E-state index < -0.39 is 0 Å². The number of hydrogen-bond donors (Lipinski definition) is 2. The van der Waals surface area contributed by atoms with Crippen molar-refractivity contribution < 1.29 is 9.53 Å². The van der Waals surface area contributed by atoms with Gasteiger partial charge in [0.1, 0.15) is 12.4 Å². The highest BCUT2D eigenvalue weighted by molar-refractivity contribution is 6.05. The van der Waals surface area contributed by atoms with Gasteiger partial charge in [0.25, 0.3) is 5.91 Å². The topological polar surface area (TPSA) is 90.1 Å². The fourth-order valence-corrected chi connectivity index (χ4v) is 2.25. The molecule has 0 unspecified atom stereocenters. The quantitative estimate of drug-likeness (QED) is 0.617. The summed E-state index contributed by atoms with van der Waals surface area (Å²) < 4.78 is 5.67. The molecule has 2 heterocycles. The van der Waals surface area contributed by atoms with Crippen molar-refractivity contribution in [1.29, 1.82) is 0 Å². The maximum Gasteiger partial charge on any atom is 0.257 e. The zero-order chi connectivity index (χ0) is 21.6. The van der Waals surface area contributed by atoms with Crippen molar-refractivity contribution in [3.05, 3.63) is 77.9 Å². The molecule has 0 aliphatic heterocycles. The van der Waals surface area contributed by atoms with Crippen LogP contribution in [0.4, 0.5) is 11.4 Å². The van der Waals surface area contributed by atoms with Gasteiger partial charge in [-0.2, -0.15) is 0 Å². The van der Waals surface area contributed by atoms with E-state index >= 15 is 0 Å². The first-order valence-electron chi connectivity index (χ1n) is 9.78. The predicted molar refractivity (Wildman–Crippen MR) is 119 cm³/mol. The van der Waals surface area contributed by atoms with Crippen LogP contribution in [-0.4, -0.2) is 15.9 Å². The van der Waals surface area contributed by atoms with E-state index in [-0.39, 0.29) is 5.91 Å². The maximum absolute atomic E-state index is 12.3. The molecule has 6 nitrogen and oxygen atoms in total. The van der Waals surface area contributed by atoms with Crippen LogP contribution in [0.25, 0.3) is 0 Å². The summed E-state index contributed by atoms with van der Waals surface area (Å²) in [6.45, 7) is 10.2. The van der Waals surface area contributed by atoms with Gasteiger partial charge in [0.05, 0.1) is 28.8 Å². The van der Waals surface area contributed by atoms with Crippen LogP contribution in [0.5, 0.6) is 5.75 Å². The highest BCUT2D eigenvalue weighted by Crippen LogP contribution is 2.18. The Kier molecular flexibility index (Phi) is 10.5. The fourth-order valence-electron chi connectivity index (χ4n) is 2.25. The SMILES string of the molecule is CC.CC.Cc1ncc(N)cc1C(=O)Nc1ccc(OCc2ccccn2)cc1. The van der Waals surface area contributed by atoms with E-state index in [1.807, 2.05) is 45.9 Å². The third-order valence-electron chi connectivity index (χ3n) is 3.58. The highest BCUT2D eigenvalue weighted by Gasteiger charge is 2.11. The minimum Gasteiger partial charge on any atom is -0.487 e. The Bertz CT molecular complexity index is 866. The van der Waals surface area contributed by atoms with Crippen molar-refractivity contribution in [3.8, 4) is 5.75 Å². The molecule has 0 spiro atoms. The summed E-state index contributed by atoms with van der Waals surface area (Å²) >= 11 is 0. The van der Waals surface area contributed by atoms with Crippen LogP contribution in [-0.2, 0) is 6.61 Å². The van der Waals surface area contributed by atoms with Crippen LogP contribution >= 0.6 is 0 Å². The lowest BCUT2D eigenvalue weighted by molar-refractivity contribution is 0.102. The molecule has 3 aromatic rings. The Labute approximate surface area is 173 Å². The molecule has 0 aliphatic rings. The van der Waals surface area contributed by atoms with Crippen molar-refractivity contribution in [2.24, 2.45) is 0 Å². The minimum absolute atomic E-state index is 0.251. The van der Waals surface area contributed by atoms with Gasteiger partial charge in [-0.15, -0.1) is 0 Å². The lowest BCUT2D eigenvalue weighted by Crippen LogP contribution is -2.14. The van der Waals surface area contributed by atoms with E-state index in [9.17, 15) is 4.79 Å². The Morgan fingerprint density at radius 2 is 1.72 bits per heavy atom. The molecule has 3 rings (SSSR count). The molecule has 6 heteroatoms. The zero-order valence-corrected chi connectivity index (χ0v) is 17.8. The van der Waals surface area contributed by atoms with Gasteiger partial charge in [-0.3, -0.25) is 14.8 Å². The van der Waals surface area contributed by atoms with Crippen LogP contribution in [0, 0.1) is 6.92 Å². The Morgan fingerprint density at radius 1 is 1.03 bits per heavy atom. The molecule has 154 valence electrons. The number of aromatic nitrogens is 2. The molecule has 0 radical (unpaired) electrons. The highest BCUT2D eigenvalue weighted by atomic mass is 16.5. The molecule has 0 atom stereocenters. The summed E-state index contributed by atoms with van der Waals surface area (Å²) in [6, 6.07) is 14.4. The number of nitrogens with zero attached hydrogens (tertiary/aromatic N) is 2. The second-order valence-electron chi connectivity index (χ2n) is 5.49. The number of ether oxygens (including phenoxy) is 1. The van der Waals surface area contributed by atoms with Crippen molar-refractivity contribution in [2.75, 3.05) is 11.1 Å². The number of amides is 1. The lowest BCUT2D eigenvalue weighted by Gasteiger charge is -2.09. The number of nitrogen functional groups attached to an aromatic ring is 1. The number of carbonyl (C=O) groups excluding carboxylic acids is 1. The van der Waals surface area contributed by atoms with Gasteiger partial charge in [0, 0.05) is 11.9 Å². The van der Waals surface area contributed by atoms with E-state index in [0.717, 1.165) is 5.69 Å².